The summed E-state index contributed by atoms with van der Waals surface area (Å²) >= 11 is 0. The first-order valence-electron chi connectivity index (χ1n) is 6.81. The van der Waals surface area contributed by atoms with Crippen LogP contribution < -0.4 is 10.2 Å². The molecule has 1 N–H and O–H groups in total. The lowest BCUT2D eigenvalue weighted by molar-refractivity contribution is 0.196. The Hall–Kier alpha value is -1.53. The molecule has 0 radical (unpaired) electrons. The van der Waals surface area contributed by atoms with Crippen LogP contribution in [0.1, 0.15) is 6.42 Å². The third-order valence-corrected chi connectivity index (χ3v) is 4.32. The zero-order valence-electron chi connectivity index (χ0n) is 11.2. The smallest absolute Gasteiger partial charge is 0.186 e. The van der Waals surface area contributed by atoms with E-state index in [2.05, 4.69) is 20.2 Å². The molecular formula is C14H15ClF2N4. The second-order valence-electron chi connectivity index (χ2n) is 5.47. The Bertz CT molecular complexity index is 681. The van der Waals surface area contributed by atoms with Crippen molar-refractivity contribution >= 4 is 29.3 Å². The van der Waals surface area contributed by atoms with Crippen LogP contribution in [0.15, 0.2) is 18.3 Å². The van der Waals surface area contributed by atoms with Crippen molar-refractivity contribution in [2.24, 2.45) is 5.92 Å². The van der Waals surface area contributed by atoms with Gasteiger partial charge in [-0.15, -0.1) is 12.4 Å². The summed E-state index contributed by atoms with van der Waals surface area (Å²) in [5.74, 6) is -0.445. The summed E-state index contributed by atoms with van der Waals surface area (Å²) in [6.07, 6.45) is 2.74. The molecule has 2 fully saturated rings. The van der Waals surface area contributed by atoms with Gasteiger partial charge in [0.05, 0.1) is 11.7 Å². The number of hydrogen-bond donors (Lipinski definition) is 1. The number of rotatable bonds is 1. The van der Waals surface area contributed by atoms with E-state index in [0.29, 0.717) is 17.4 Å². The van der Waals surface area contributed by atoms with Crippen molar-refractivity contribution in [3.8, 4) is 0 Å². The summed E-state index contributed by atoms with van der Waals surface area (Å²) in [5.41, 5.74) is 0.385. The fourth-order valence-corrected chi connectivity index (χ4v) is 2.99. The van der Waals surface area contributed by atoms with E-state index in [1.165, 1.54) is 6.07 Å². The molecule has 2 saturated heterocycles. The van der Waals surface area contributed by atoms with Gasteiger partial charge in [0.15, 0.2) is 11.6 Å². The van der Waals surface area contributed by atoms with Gasteiger partial charge in [0, 0.05) is 19.1 Å². The Morgan fingerprint density at radius 1 is 1.29 bits per heavy atom. The number of anilines is 1. The SMILES string of the molecule is Cl.Fc1ccc2ncc(N3CCC4CNC4C3)nc2c1F. The number of hydrogen-bond acceptors (Lipinski definition) is 4. The quantitative estimate of drug-likeness (QED) is 0.876. The minimum atomic E-state index is -0.923. The lowest BCUT2D eigenvalue weighted by Crippen LogP contribution is -2.62. The van der Waals surface area contributed by atoms with Crippen LogP contribution in [0.5, 0.6) is 0 Å². The van der Waals surface area contributed by atoms with Crippen LogP contribution in [0.4, 0.5) is 14.6 Å². The summed E-state index contributed by atoms with van der Waals surface area (Å²) in [5, 5.41) is 3.38. The number of nitrogens with one attached hydrogen (secondary N) is 1. The van der Waals surface area contributed by atoms with Crippen molar-refractivity contribution < 1.29 is 8.78 Å². The van der Waals surface area contributed by atoms with E-state index in [4.69, 9.17) is 0 Å². The Labute approximate surface area is 127 Å². The minimum Gasteiger partial charge on any atom is -0.354 e. The molecule has 0 spiro atoms. The summed E-state index contributed by atoms with van der Waals surface area (Å²) < 4.78 is 27.1. The minimum absolute atomic E-state index is 0. The average Bonchev–Trinajstić information content (AvgIpc) is 2.44. The predicted octanol–water partition coefficient (Wildman–Crippen LogP) is 2.13. The number of fused-ring (bicyclic) bond motifs is 2. The third kappa shape index (κ3) is 2.32. The van der Waals surface area contributed by atoms with Crippen LogP contribution in [-0.2, 0) is 0 Å². The maximum Gasteiger partial charge on any atom is 0.186 e. The standard InChI is InChI=1S/C14H14F2N4.ClH/c15-9-1-2-10-14(13(9)16)19-12(6-18-10)20-4-3-8-5-17-11(8)7-20;/h1-2,6,8,11,17H,3-5,7H2;1H. The predicted molar refractivity (Wildman–Crippen MR) is 78.8 cm³/mol. The Kier molecular flexibility index (Phi) is 3.67. The number of piperidine rings is 1. The van der Waals surface area contributed by atoms with E-state index < -0.39 is 11.6 Å². The van der Waals surface area contributed by atoms with E-state index in [1.54, 1.807) is 6.20 Å². The largest absolute Gasteiger partial charge is 0.354 e. The van der Waals surface area contributed by atoms with E-state index in [-0.39, 0.29) is 17.9 Å². The number of aromatic nitrogens is 2. The highest BCUT2D eigenvalue weighted by Crippen LogP contribution is 2.27. The molecule has 2 aromatic rings. The van der Waals surface area contributed by atoms with Gasteiger partial charge in [-0.1, -0.05) is 0 Å². The normalized spacial score (nSPS) is 24.2. The summed E-state index contributed by atoms with van der Waals surface area (Å²) in [7, 11) is 0. The second-order valence-corrected chi connectivity index (χ2v) is 5.47. The molecule has 1 aromatic carbocycles. The molecule has 2 aliphatic heterocycles. The van der Waals surface area contributed by atoms with Crippen molar-refractivity contribution in [2.75, 3.05) is 24.5 Å². The molecule has 4 nitrogen and oxygen atoms in total. The highest BCUT2D eigenvalue weighted by atomic mass is 35.5. The monoisotopic (exact) mass is 312 g/mol. The van der Waals surface area contributed by atoms with Crippen LogP contribution in [0.25, 0.3) is 11.0 Å². The lowest BCUT2D eigenvalue weighted by Gasteiger charge is -2.46. The molecule has 1 aromatic heterocycles. The van der Waals surface area contributed by atoms with Gasteiger partial charge in [0.1, 0.15) is 11.3 Å². The van der Waals surface area contributed by atoms with Crippen molar-refractivity contribution in [2.45, 2.75) is 12.5 Å². The first kappa shape index (κ1) is 14.4. The van der Waals surface area contributed by atoms with Crippen LogP contribution in [0.2, 0.25) is 0 Å². The van der Waals surface area contributed by atoms with Crippen LogP contribution in [0, 0.1) is 17.6 Å². The van der Waals surface area contributed by atoms with Gasteiger partial charge in [0.25, 0.3) is 0 Å². The summed E-state index contributed by atoms with van der Waals surface area (Å²) in [6.45, 7) is 2.82. The molecule has 0 bridgehead atoms. The van der Waals surface area contributed by atoms with Gasteiger partial charge < -0.3 is 10.2 Å². The Morgan fingerprint density at radius 3 is 2.86 bits per heavy atom. The topological polar surface area (TPSA) is 41.1 Å². The molecular weight excluding hydrogens is 298 g/mol. The zero-order chi connectivity index (χ0) is 13.7. The fourth-order valence-electron chi connectivity index (χ4n) is 2.99. The molecule has 2 aliphatic rings. The number of benzene rings is 1. The molecule has 4 rings (SSSR count). The average molecular weight is 313 g/mol. The zero-order valence-corrected chi connectivity index (χ0v) is 12.0. The van der Waals surface area contributed by atoms with Crippen LogP contribution in [-0.4, -0.2) is 35.6 Å². The Balaban J connectivity index is 0.00000132. The Morgan fingerprint density at radius 2 is 2.14 bits per heavy atom. The first-order chi connectivity index (χ1) is 9.72. The molecule has 112 valence electrons. The first-order valence-corrected chi connectivity index (χ1v) is 6.81. The molecule has 7 heteroatoms. The molecule has 3 heterocycles. The highest BCUT2D eigenvalue weighted by Gasteiger charge is 2.36. The highest BCUT2D eigenvalue weighted by molar-refractivity contribution is 5.85. The molecule has 21 heavy (non-hydrogen) atoms. The number of nitrogens with zero attached hydrogens (tertiary/aromatic N) is 3. The van der Waals surface area contributed by atoms with E-state index in [1.807, 2.05) is 0 Å². The van der Waals surface area contributed by atoms with Crippen molar-refractivity contribution in [1.82, 2.24) is 15.3 Å². The van der Waals surface area contributed by atoms with Gasteiger partial charge in [-0.25, -0.2) is 13.8 Å². The molecule has 0 aliphatic carbocycles. The van der Waals surface area contributed by atoms with Gasteiger partial charge in [-0.3, -0.25) is 4.98 Å². The van der Waals surface area contributed by atoms with Gasteiger partial charge >= 0.3 is 0 Å². The van der Waals surface area contributed by atoms with E-state index >= 15 is 0 Å². The van der Waals surface area contributed by atoms with Crippen molar-refractivity contribution in [3.05, 3.63) is 30.0 Å². The fraction of sp³-hybridized carbons (Fsp3) is 0.429. The van der Waals surface area contributed by atoms with E-state index in [9.17, 15) is 8.78 Å². The van der Waals surface area contributed by atoms with Crippen molar-refractivity contribution in [3.63, 3.8) is 0 Å². The van der Waals surface area contributed by atoms with Crippen molar-refractivity contribution in [1.29, 1.82) is 0 Å². The van der Waals surface area contributed by atoms with E-state index in [0.717, 1.165) is 38.0 Å². The molecule has 0 saturated carbocycles. The van der Waals surface area contributed by atoms with Gasteiger partial charge in [-0.2, -0.15) is 0 Å². The number of halogens is 3. The third-order valence-electron chi connectivity index (χ3n) is 4.32. The van der Waals surface area contributed by atoms with Gasteiger partial charge in [0.2, 0.25) is 0 Å². The lowest BCUT2D eigenvalue weighted by atomic mass is 9.85. The van der Waals surface area contributed by atoms with Crippen LogP contribution in [0.3, 0.4) is 0 Å². The van der Waals surface area contributed by atoms with Gasteiger partial charge in [-0.05, 0) is 31.0 Å². The maximum absolute atomic E-state index is 13.8. The van der Waals surface area contributed by atoms with Crippen LogP contribution >= 0.6 is 12.4 Å². The summed E-state index contributed by atoms with van der Waals surface area (Å²) in [6, 6.07) is 3.01. The molecule has 2 unspecified atom stereocenters. The second kappa shape index (κ2) is 5.35. The summed E-state index contributed by atoms with van der Waals surface area (Å²) in [4.78, 5) is 10.5. The maximum atomic E-state index is 13.8. The molecule has 0 amide bonds. The molecule has 2 atom stereocenters.